The lowest BCUT2D eigenvalue weighted by molar-refractivity contribution is 0.112. The van der Waals surface area contributed by atoms with Crippen molar-refractivity contribution in [3.63, 3.8) is 0 Å². The number of nitrogens with one attached hydrogen (secondary N) is 1. The van der Waals surface area contributed by atoms with Crippen LogP contribution in [0, 0.1) is 0 Å². The fourth-order valence-corrected chi connectivity index (χ4v) is 0.895. The predicted molar refractivity (Wildman–Crippen MR) is 48.4 cm³/mol. The molecule has 0 atom stereocenters. The molecule has 0 fully saturated rings. The number of rotatable bonds is 3. The first-order chi connectivity index (χ1) is 5.72. The molecule has 0 unspecified atom stereocenters. The molecule has 0 bridgehead atoms. The number of aromatic nitrogens is 1. The van der Waals surface area contributed by atoms with E-state index in [0.29, 0.717) is 11.6 Å². The number of anilines is 1. The SMILES string of the molecule is CC(C)Nc1cc(C=O)ccn1. The second-order valence-electron chi connectivity index (χ2n) is 2.89. The smallest absolute Gasteiger partial charge is 0.150 e. The van der Waals surface area contributed by atoms with Gasteiger partial charge in [0.05, 0.1) is 0 Å². The number of hydrogen-bond acceptors (Lipinski definition) is 3. The van der Waals surface area contributed by atoms with E-state index in [-0.39, 0.29) is 0 Å². The molecule has 1 N–H and O–H groups in total. The Morgan fingerprint density at radius 2 is 2.33 bits per heavy atom. The zero-order valence-corrected chi connectivity index (χ0v) is 7.24. The van der Waals surface area contributed by atoms with Crippen LogP contribution in [0.2, 0.25) is 0 Å². The highest BCUT2D eigenvalue weighted by atomic mass is 16.1. The standard InChI is InChI=1S/C9H12N2O/c1-7(2)11-9-5-8(6-12)3-4-10-9/h3-7H,1-2H3,(H,10,11). The summed E-state index contributed by atoms with van der Waals surface area (Å²) in [5.41, 5.74) is 0.646. The van der Waals surface area contributed by atoms with Crippen LogP contribution in [0.15, 0.2) is 18.3 Å². The van der Waals surface area contributed by atoms with Crippen molar-refractivity contribution in [1.29, 1.82) is 0 Å². The van der Waals surface area contributed by atoms with Gasteiger partial charge in [-0.3, -0.25) is 4.79 Å². The largest absolute Gasteiger partial charge is 0.368 e. The average molecular weight is 164 g/mol. The van der Waals surface area contributed by atoms with Gasteiger partial charge >= 0.3 is 0 Å². The highest BCUT2D eigenvalue weighted by molar-refractivity contribution is 5.75. The molecule has 1 aromatic heterocycles. The number of nitrogens with zero attached hydrogens (tertiary/aromatic N) is 1. The lowest BCUT2D eigenvalue weighted by Gasteiger charge is -2.08. The minimum Gasteiger partial charge on any atom is -0.368 e. The molecule has 0 aliphatic heterocycles. The number of hydrogen-bond donors (Lipinski definition) is 1. The van der Waals surface area contributed by atoms with Crippen molar-refractivity contribution >= 4 is 12.1 Å². The second kappa shape index (κ2) is 3.85. The van der Waals surface area contributed by atoms with Gasteiger partial charge in [0, 0.05) is 17.8 Å². The molecule has 64 valence electrons. The van der Waals surface area contributed by atoms with Gasteiger partial charge in [0.2, 0.25) is 0 Å². The Labute approximate surface area is 71.8 Å². The van der Waals surface area contributed by atoms with Crippen LogP contribution < -0.4 is 5.32 Å². The van der Waals surface area contributed by atoms with E-state index in [4.69, 9.17) is 0 Å². The normalized spacial score (nSPS) is 9.92. The van der Waals surface area contributed by atoms with E-state index in [0.717, 1.165) is 12.1 Å². The van der Waals surface area contributed by atoms with Crippen molar-refractivity contribution in [3.8, 4) is 0 Å². The molecule has 3 heteroatoms. The van der Waals surface area contributed by atoms with E-state index >= 15 is 0 Å². The quantitative estimate of drug-likeness (QED) is 0.691. The predicted octanol–water partition coefficient (Wildman–Crippen LogP) is 1.71. The summed E-state index contributed by atoms with van der Waals surface area (Å²) in [5, 5.41) is 3.11. The minimum atomic E-state index is 0.333. The van der Waals surface area contributed by atoms with Crippen LogP contribution in [0.5, 0.6) is 0 Å². The maximum Gasteiger partial charge on any atom is 0.150 e. The molecule has 0 aliphatic carbocycles. The highest BCUT2D eigenvalue weighted by Crippen LogP contribution is 2.05. The molecule has 0 aromatic carbocycles. The van der Waals surface area contributed by atoms with Gasteiger partial charge in [-0.25, -0.2) is 4.98 Å². The number of carbonyl (C=O) groups is 1. The van der Waals surface area contributed by atoms with Gasteiger partial charge in [0.1, 0.15) is 12.1 Å². The fourth-order valence-electron chi connectivity index (χ4n) is 0.895. The number of pyridine rings is 1. The third kappa shape index (κ3) is 2.34. The molecule has 0 saturated carbocycles. The first-order valence-electron chi connectivity index (χ1n) is 3.90. The third-order valence-corrected chi connectivity index (χ3v) is 1.36. The third-order valence-electron chi connectivity index (χ3n) is 1.36. The van der Waals surface area contributed by atoms with Crippen molar-refractivity contribution in [2.75, 3.05) is 5.32 Å². The molecule has 1 rings (SSSR count). The molecule has 1 heterocycles. The Morgan fingerprint density at radius 1 is 1.58 bits per heavy atom. The van der Waals surface area contributed by atoms with Crippen LogP contribution in [0.1, 0.15) is 24.2 Å². The zero-order chi connectivity index (χ0) is 8.97. The Bertz CT molecular complexity index is 271. The molecule has 1 aromatic rings. The Balaban J connectivity index is 2.79. The van der Waals surface area contributed by atoms with Crippen molar-refractivity contribution < 1.29 is 4.79 Å². The second-order valence-corrected chi connectivity index (χ2v) is 2.89. The molecule has 0 spiro atoms. The van der Waals surface area contributed by atoms with Crippen LogP contribution in [0.3, 0.4) is 0 Å². The summed E-state index contributed by atoms with van der Waals surface area (Å²) in [4.78, 5) is 14.4. The van der Waals surface area contributed by atoms with Crippen LogP contribution >= 0.6 is 0 Å². The van der Waals surface area contributed by atoms with Crippen molar-refractivity contribution in [3.05, 3.63) is 23.9 Å². The first kappa shape index (κ1) is 8.71. The minimum absolute atomic E-state index is 0.333. The molecule has 12 heavy (non-hydrogen) atoms. The van der Waals surface area contributed by atoms with E-state index in [2.05, 4.69) is 10.3 Å². The van der Waals surface area contributed by atoms with Gasteiger partial charge in [-0.05, 0) is 26.0 Å². The molecule has 0 amide bonds. The summed E-state index contributed by atoms with van der Waals surface area (Å²) in [6, 6.07) is 3.74. The summed E-state index contributed by atoms with van der Waals surface area (Å²) < 4.78 is 0. The first-order valence-corrected chi connectivity index (χ1v) is 3.90. The van der Waals surface area contributed by atoms with Gasteiger partial charge in [-0.2, -0.15) is 0 Å². The molecule has 0 radical (unpaired) electrons. The molecule has 3 nitrogen and oxygen atoms in total. The van der Waals surface area contributed by atoms with Crippen molar-refractivity contribution in [2.45, 2.75) is 19.9 Å². The van der Waals surface area contributed by atoms with Crippen LogP contribution in [-0.4, -0.2) is 17.3 Å². The number of carbonyl (C=O) groups excluding carboxylic acids is 1. The van der Waals surface area contributed by atoms with Gasteiger partial charge in [0.15, 0.2) is 0 Å². The summed E-state index contributed by atoms with van der Waals surface area (Å²) in [5.74, 6) is 0.745. The number of aldehydes is 1. The maximum absolute atomic E-state index is 10.4. The Kier molecular flexibility index (Phi) is 2.80. The topological polar surface area (TPSA) is 42.0 Å². The van der Waals surface area contributed by atoms with Gasteiger partial charge in [-0.15, -0.1) is 0 Å². The Morgan fingerprint density at radius 3 is 2.92 bits per heavy atom. The van der Waals surface area contributed by atoms with E-state index in [1.165, 1.54) is 0 Å². The van der Waals surface area contributed by atoms with E-state index in [9.17, 15) is 4.79 Å². The lowest BCUT2D eigenvalue weighted by Crippen LogP contribution is -2.10. The van der Waals surface area contributed by atoms with Gasteiger partial charge in [-0.1, -0.05) is 0 Å². The van der Waals surface area contributed by atoms with E-state index in [1.54, 1.807) is 18.3 Å². The highest BCUT2D eigenvalue weighted by Gasteiger charge is 1.96. The Hall–Kier alpha value is -1.38. The summed E-state index contributed by atoms with van der Waals surface area (Å²) in [6.45, 7) is 4.05. The lowest BCUT2D eigenvalue weighted by atomic mass is 10.3. The maximum atomic E-state index is 10.4. The van der Waals surface area contributed by atoms with E-state index in [1.807, 2.05) is 13.8 Å². The fraction of sp³-hybridized carbons (Fsp3) is 0.333. The summed E-state index contributed by atoms with van der Waals surface area (Å²) >= 11 is 0. The van der Waals surface area contributed by atoms with Crippen LogP contribution in [-0.2, 0) is 0 Å². The van der Waals surface area contributed by atoms with Crippen LogP contribution in [0.25, 0.3) is 0 Å². The molecule has 0 saturated heterocycles. The van der Waals surface area contributed by atoms with Gasteiger partial charge < -0.3 is 5.32 Å². The molecular formula is C9H12N2O. The molecular weight excluding hydrogens is 152 g/mol. The van der Waals surface area contributed by atoms with E-state index < -0.39 is 0 Å². The van der Waals surface area contributed by atoms with Crippen molar-refractivity contribution in [2.24, 2.45) is 0 Å². The van der Waals surface area contributed by atoms with Crippen LogP contribution in [0.4, 0.5) is 5.82 Å². The summed E-state index contributed by atoms with van der Waals surface area (Å²) in [6.07, 6.45) is 2.43. The molecule has 0 aliphatic rings. The average Bonchev–Trinajstić information content (AvgIpc) is 2.03. The zero-order valence-electron chi connectivity index (χ0n) is 7.24. The monoisotopic (exact) mass is 164 g/mol. The van der Waals surface area contributed by atoms with Crippen molar-refractivity contribution in [1.82, 2.24) is 4.98 Å². The van der Waals surface area contributed by atoms with Gasteiger partial charge in [0.25, 0.3) is 0 Å². The summed E-state index contributed by atoms with van der Waals surface area (Å²) in [7, 11) is 0.